The number of piperidine rings is 1. The van der Waals surface area contributed by atoms with Gasteiger partial charge in [-0.1, -0.05) is 22.0 Å². The molecule has 5 nitrogen and oxygen atoms in total. The number of rotatable bonds is 5. The second kappa shape index (κ2) is 9.13. The molecular weight excluding hydrogens is 358 g/mol. The molecule has 0 spiro atoms. The fraction of sp³-hybridized carbons (Fsp3) is 0.588. The first-order chi connectivity index (χ1) is 11.1. The summed E-state index contributed by atoms with van der Waals surface area (Å²) in [5.74, 6) is 1.75. The van der Waals surface area contributed by atoms with Crippen molar-refractivity contribution in [2.24, 2.45) is 4.99 Å². The summed E-state index contributed by atoms with van der Waals surface area (Å²) >= 11 is 3.45. The Labute approximate surface area is 146 Å². The predicted molar refractivity (Wildman–Crippen MR) is 97.0 cm³/mol. The quantitative estimate of drug-likeness (QED) is 0.606. The molecule has 1 aromatic carbocycles. The van der Waals surface area contributed by atoms with E-state index in [0.717, 1.165) is 48.7 Å². The minimum atomic E-state index is -0.173. The third-order valence-electron chi connectivity index (χ3n) is 3.73. The van der Waals surface area contributed by atoms with Crippen molar-refractivity contribution in [1.29, 1.82) is 0 Å². The Hall–Kier alpha value is -1.27. The lowest BCUT2D eigenvalue weighted by molar-refractivity contribution is 0.107. The average molecular weight is 384 g/mol. The van der Waals surface area contributed by atoms with Crippen LogP contribution in [0.3, 0.4) is 0 Å². The molecule has 23 heavy (non-hydrogen) atoms. The minimum Gasteiger partial charge on any atom is -0.489 e. The third kappa shape index (κ3) is 6.03. The molecule has 2 rings (SSSR count). The molecule has 1 aromatic rings. The molecule has 1 heterocycles. The highest BCUT2D eigenvalue weighted by Crippen LogP contribution is 2.19. The molecule has 6 heteroatoms. The van der Waals surface area contributed by atoms with E-state index < -0.39 is 0 Å². The highest BCUT2D eigenvalue weighted by molar-refractivity contribution is 9.10. The van der Waals surface area contributed by atoms with Crippen LogP contribution in [0.25, 0.3) is 0 Å². The van der Waals surface area contributed by atoms with Crippen LogP contribution in [0.15, 0.2) is 33.7 Å². The summed E-state index contributed by atoms with van der Waals surface area (Å²) in [6.07, 6.45) is 1.42. The van der Waals surface area contributed by atoms with Crippen molar-refractivity contribution in [3.8, 4) is 5.75 Å². The van der Waals surface area contributed by atoms with Gasteiger partial charge in [-0.3, -0.25) is 0 Å². The number of hydrogen-bond acceptors (Lipinski definition) is 3. The van der Waals surface area contributed by atoms with Crippen molar-refractivity contribution < 1.29 is 9.84 Å². The zero-order valence-corrected chi connectivity index (χ0v) is 15.4. The van der Waals surface area contributed by atoms with Gasteiger partial charge in [-0.25, -0.2) is 4.99 Å². The predicted octanol–water partition coefficient (Wildman–Crippen LogP) is 2.64. The van der Waals surface area contributed by atoms with Crippen molar-refractivity contribution in [3.05, 3.63) is 28.7 Å². The molecular formula is C17H26BrN3O2. The minimum absolute atomic E-state index is 0.00617. The summed E-state index contributed by atoms with van der Waals surface area (Å²) in [6.45, 7) is 7.19. The lowest BCUT2D eigenvalue weighted by Crippen LogP contribution is -2.47. The van der Waals surface area contributed by atoms with Gasteiger partial charge in [-0.15, -0.1) is 0 Å². The van der Waals surface area contributed by atoms with Crippen LogP contribution in [-0.2, 0) is 0 Å². The summed E-state index contributed by atoms with van der Waals surface area (Å²) in [5.41, 5.74) is 0. The van der Waals surface area contributed by atoms with Gasteiger partial charge in [0, 0.05) is 24.1 Å². The normalized spacial score (nSPS) is 17.9. The summed E-state index contributed by atoms with van der Waals surface area (Å²) < 4.78 is 6.91. The SMILES string of the molecule is CCNC(=NCC(C)Oc1cccc(Br)c1)N1CCC(O)CC1. The van der Waals surface area contributed by atoms with Gasteiger partial charge in [0.1, 0.15) is 11.9 Å². The van der Waals surface area contributed by atoms with E-state index in [4.69, 9.17) is 9.73 Å². The number of likely N-dealkylation sites (tertiary alicyclic amines) is 1. The van der Waals surface area contributed by atoms with Crippen LogP contribution in [-0.4, -0.2) is 54.4 Å². The van der Waals surface area contributed by atoms with Crippen LogP contribution in [0, 0.1) is 0 Å². The average Bonchev–Trinajstić information content (AvgIpc) is 2.52. The number of guanidine groups is 1. The van der Waals surface area contributed by atoms with Gasteiger partial charge < -0.3 is 20.1 Å². The van der Waals surface area contributed by atoms with E-state index in [1.807, 2.05) is 31.2 Å². The standard InChI is InChI=1S/C17H26BrN3O2/c1-3-19-17(21-9-7-15(22)8-10-21)20-12-13(2)23-16-6-4-5-14(18)11-16/h4-6,11,13,15,22H,3,7-10,12H2,1-2H3,(H,19,20). The maximum absolute atomic E-state index is 9.63. The summed E-state index contributed by atoms with van der Waals surface area (Å²) in [5, 5.41) is 13.0. The van der Waals surface area contributed by atoms with Crippen LogP contribution in [0.1, 0.15) is 26.7 Å². The number of aliphatic hydroxyl groups excluding tert-OH is 1. The molecule has 1 fully saturated rings. The fourth-order valence-electron chi connectivity index (χ4n) is 2.53. The largest absolute Gasteiger partial charge is 0.489 e. The van der Waals surface area contributed by atoms with Crippen molar-refractivity contribution in [1.82, 2.24) is 10.2 Å². The second-order valence-electron chi connectivity index (χ2n) is 5.80. The molecule has 1 aliphatic heterocycles. The molecule has 0 aromatic heterocycles. The highest BCUT2D eigenvalue weighted by Gasteiger charge is 2.19. The van der Waals surface area contributed by atoms with E-state index in [2.05, 4.69) is 33.1 Å². The monoisotopic (exact) mass is 383 g/mol. The molecule has 0 saturated carbocycles. The maximum Gasteiger partial charge on any atom is 0.194 e. The molecule has 1 aliphatic rings. The first-order valence-electron chi connectivity index (χ1n) is 8.22. The van der Waals surface area contributed by atoms with Crippen molar-refractivity contribution in [2.45, 2.75) is 38.9 Å². The topological polar surface area (TPSA) is 57.1 Å². The van der Waals surface area contributed by atoms with E-state index in [0.29, 0.717) is 6.54 Å². The van der Waals surface area contributed by atoms with Crippen LogP contribution in [0.2, 0.25) is 0 Å². The number of aliphatic hydroxyl groups is 1. The lowest BCUT2D eigenvalue weighted by Gasteiger charge is -2.32. The zero-order chi connectivity index (χ0) is 16.7. The second-order valence-corrected chi connectivity index (χ2v) is 6.71. The van der Waals surface area contributed by atoms with Crippen molar-refractivity contribution in [2.75, 3.05) is 26.2 Å². The number of nitrogens with zero attached hydrogens (tertiary/aromatic N) is 2. The van der Waals surface area contributed by atoms with Gasteiger partial charge in [0.2, 0.25) is 0 Å². The van der Waals surface area contributed by atoms with Gasteiger partial charge in [-0.2, -0.15) is 0 Å². The number of benzene rings is 1. The molecule has 1 saturated heterocycles. The van der Waals surface area contributed by atoms with Crippen LogP contribution in [0.4, 0.5) is 0 Å². The molecule has 0 amide bonds. The lowest BCUT2D eigenvalue weighted by atomic mass is 10.1. The molecule has 0 bridgehead atoms. The van der Waals surface area contributed by atoms with E-state index in [1.165, 1.54) is 0 Å². The number of nitrogens with one attached hydrogen (secondary N) is 1. The van der Waals surface area contributed by atoms with Gasteiger partial charge in [-0.05, 0) is 44.9 Å². The maximum atomic E-state index is 9.63. The Morgan fingerprint density at radius 1 is 1.48 bits per heavy atom. The Morgan fingerprint density at radius 3 is 2.87 bits per heavy atom. The third-order valence-corrected chi connectivity index (χ3v) is 4.22. The van der Waals surface area contributed by atoms with E-state index in [9.17, 15) is 5.11 Å². The van der Waals surface area contributed by atoms with Crippen molar-refractivity contribution in [3.63, 3.8) is 0 Å². The molecule has 0 aliphatic carbocycles. The Bertz CT molecular complexity index is 516. The van der Waals surface area contributed by atoms with E-state index in [1.54, 1.807) is 0 Å². The number of halogens is 1. The van der Waals surface area contributed by atoms with Crippen LogP contribution < -0.4 is 10.1 Å². The molecule has 1 unspecified atom stereocenters. The van der Waals surface area contributed by atoms with Crippen LogP contribution >= 0.6 is 15.9 Å². The number of hydrogen-bond donors (Lipinski definition) is 2. The molecule has 128 valence electrons. The first kappa shape index (κ1) is 18.1. The Morgan fingerprint density at radius 2 is 2.22 bits per heavy atom. The summed E-state index contributed by atoms with van der Waals surface area (Å²) in [6, 6.07) is 7.84. The summed E-state index contributed by atoms with van der Waals surface area (Å²) in [4.78, 5) is 6.90. The molecule has 0 radical (unpaired) electrons. The Kier molecular flexibility index (Phi) is 7.17. The number of aliphatic imine (C=N–C) groups is 1. The van der Waals surface area contributed by atoms with Crippen LogP contribution in [0.5, 0.6) is 5.75 Å². The van der Waals surface area contributed by atoms with Gasteiger partial charge in [0.05, 0.1) is 12.6 Å². The van der Waals surface area contributed by atoms with Crippen molar-refractivity contribution >= 4 is 21.9 Å². The van der Waals surface area contributed by atoms with E-state index >= 15 is 0 Å². The molecule has 1 atom stereocenters. The Balaban J connectivity index is 1.91. The highest BCUT2D eigenvalue weighted by atomic mass is 79.9. The van der Waals surface area contributed by atoms with Gasteiger partial charge in [0.15, 0.2) is 5.96 Å². The van der Waals surface area contributed by atoms with E-state index in [-0.39, 0.29) is 12.2 Å². The summed E-state index contributed by atoms with van der Waals surface area (Å²) in [7, 11) is 0. The van der Waals surface area contributed by atoms with Gasteiger partial charge >= 0.3 is 0 Å². The fourth-order valence-corrected chi connectivity index (χ4v) is 2.91. The number of ether oxygens (including phenoxy) is 1. The first-order valence-corrected chi connectivity index (χ1v) is 9.01. The smallest absolute Gasteiger partial charge is 0.194 e. The zero-order valence-electron chi connectivity index (χ0n) is 13.8. The molecule has 2 N–H and O–H groups in total. The van der Waals surface area contributed by atoms with Gasteiger partial charge in [0.25, 0.3) is 0 Å².